The molecule has 0 spiro atoms. The molecule has 2 aromatic rings. The first kappa shape index (κ1) is 18.8. The molecule has 0 saturated heterocycles. The molecular formula is C18H20N2O4S2. The van der Waals surface area contributed by atoms with Gasteiger partial charge in [-0.2, -0.15) is 0 Å². The van der Waals surface area contributed by atoms with E-state index in [-0.39, 0.29) is 11.5 Å². The van der Waals surface area contributed by atoms with Crippen molar-refractivity contribution in [2.75, 3.05) is 14.2 Å². The van der Waals surface area contributed by atoms with Crippen molar-refractivity contribution in [3.8, 4) is 11.4 Å². The van der Waals surface area contributed by atoms with Crippen molar-refractivity contribution in [3.63, 3.8) is 0 Å². The van der Waals surface area contributed by atoms with Crippen LogP contribution in [0.25, 0.3) is 5.69 Å². The molecule has 0 unspecified atom stereocenters. The van der Waals surface area contributed by atoms with Crippen LogP contribution < -0.4 is 10.3 Å². The quantitative estimate of drug-likeness (QED) is 0.440. The summed E-state index contributed by atoms with van der Waals surface area (Å²) in [5, 5.41) is 0.334. The molecule has 8 heteroatoms. The predicted molar refractivity (Wildman–Crippen MR) is 103 cm³/mol. The SMILES string of the molecule is COC(=O)[C@@H](C)Sc1nc2c(c(=O)n1-c1ccc(OC)cc1)S[C@H](C)C2. The van der Waals surface area contributed by atoms with Gasteiger partial charge in [0, 0.05) is 11.7 Å². The van der Waals surface area contributed by atoms with E-state index >= 15 is 0 Å². The summed E-state index contributed by atoms with van der Waals surface area (Å²) in [5.74, 6) is 0.352. The standard InChI is InChI=1S/C18H20N2O4S2/c1-10-9-14-15(25-10)16(21)20(12-5-7-13(23-3)8-6-12)18(19-14)26-11(2)17(22)24-4/h5-8,10-11H,9H2,1-4H3/t10-,11-/m1/s1. The van der Waals surface area contributed by atoms with Crippen LogP contribution in [0.2, 0.25) is 0 Å². The average Bonchev–Trinajstić information content (AvgIpc) is 3.02. The van der Waals surface area contributed by atoms with Crippen LogP contribution in [0, 0.1) is 0 Å². The Morgan fingerprint density at radius 3 is 2.65 bits per heavy atom. The van der Waals surface area contributed by atoms with Crippen molar-refractivity contribution in [3.05, 3.63) is 40.3 Å². The molecule has 0 bridgehead atoms. The highest BCUT2D eigenvalue weighted by molar-refractivity contribution is 8.00. The zero-order chi connectivity index (χ0) is 18.8. The normalized spacial score (nSPS) is 16.8. The second-order valence-electron chi connectivity index (χ2n) is 5.92. The van der Waals surface area contributed by atoms with E-state index in [0.29, 0.717) is 26.7 Å². The number of rotatable bonds is 5. The average molecular weight is 393 g/mol. The van der Waals surface area contributed by atoms with E-state index in [1.165, 1.54) is 18.9 Å². The fraction of sp³-hybridized carbons (Fsp3) is 0.389. The van der Waals surface area contributed by atoms with Crippen molar-refractivity contribution >= 4 is 29.5 Å². The number of esters is 1. The van der Waals surface area contributed by atoms with Gasteiger partial charge in [0.2, 0.25) is 0 Å². The highest BCUT2D eigenvalue weighted by Gasteiger charge is 2.28. The first-order valence-electron chi connectivity index (χ1n) is 8.16. The summed E-state index contributed by atoms with van der Waals surface area (Å²) >= 11 is 2.78. The molecular weight excluding hydrogens is 372 g/mol. The number of ether oxygens (including phenoxy) is 2. The van der Waals surface area contributed by atoms with Crippen molar-refractivity contribution in [2.24, 2.45) is 0 Å². The van der Waals surface area contributed by atoms with Gasteiger partial charge in [-0.25, -0.2) is 4.98 Å². The highest BCUT2D eigenvalue weighted by Crippen LogP contribution is 2.35. The maximum absolute atomic E-state index is 13.1. The monoisotopic (exact) mass is 392 g/mol. The minimum atomic E-state index is -0.471. The summed E-state index contributed by atoms with van der Waals surface area (Å²) in [6, 6.07) is 7.21. The lowest BCUT2D eigenvalue weighted by molar-refractivity contribution is -0.139. The Morgan fingerprint density at radius 2 is 2.04 bits per heavy atom. The Balaban J connectivity index is 2.12. The summed E-state index contributed by atoms with van der Waals surface area (Å²) in [5.41, 5.74) is 1.39. The molecule has 1 aromatic heterocycles. The second kappa shape index (κ2) is 7.75. The van der Waals surface area contributed by atoms with Crippen molar-refractivity contribution in [1.82, 2.24) is 9.55 Å². The zero-order valence-electron chi connectivity index (χ0n) is 15.0. The Labute approximate surface area is 160 Å². The van der Waals surface area contributed by atoms with Gasteiger partial charge in [0.15, 0.2) is 5.16 Å². The maximum atomic E-state index is 13.1. The number of aromatic nitrogens is 2. The van der Waals surface area contributed by atoms with Crippen LogP contribution in [-0.4, -0.2) is 40.2 Å². The minimum absolute atomic E-state index is 0.103. The van der Waals surface area contributed by atoms with Crippen LogP contribution in [0.4, 0.5) is 0 Å². The van der Waals surface area contributed by atoms with Gasteiger partial charge in [0.1, 0.15) is 11.0 Å². The number of nitrogens with zero attached hydrogens (tertiary/aromatic N) is 2. The van der Waals surface area contributed by atoms with Gasteiger partial charge in [-0.15, -0.1) is 11.8 Å². The molecule has 26 heavy (non-hydrogen) atoms. The van der Waals surface area contributed by atoms with Crippen LogP contribution in [0.15, 0.2) is 39.1 Å². The topological polar surface area (TPSA) is 70.4 Å². The molecule has 138 valence electrons. The zero-order valence-corrected chi connectivity index (χ0v) is 16.6. The molecule has 1 aliphatic rings. The first-order chi connectivity index (χ1) is 12.4. The molecule has 0 N–H and O–H groups in total. The van der Waals surface area contributed by atoms with Crippen molar-refractivity contribution in [2.45, 2.75) is 40.8 Å². The summed E-state index contributed by atoms with van der Waals surface area (Å²) < 4.78 is 11.6. The number of carbonyl (C=O) groups excluding carboxylic acids is 1. The Morgan fingerprint density at radius 1 is 1.35 bits per heavy atom. The third kappa shape index (κ3) is 3.61. The highest BCUT2D eigenvalue weighted by atomic mass is 32.2. The maximum Gasteiger partial charge on any atom is 0.318 e. The molecule has 0 amide bonds. The number of carbonyl (C=O) groups is 1. The van der Waals surface area contributed by atoms with Gasteiger partial charge >= 0.3 is 5.97 Å². The van der Waals surface area contributed by atoms with Crippen LogP contribution in [0.3, 0.4) is 0 Å². The van der Waals surface area contributed by atoms with Gasteiger partial charge in [-0.05, 0) is 31.2 Å². The molecule has 0 aliphatic carbocycles. The molecule has 6 nitrogen and oxygen atoms in total. The second-order valence-corrected chi connectivity index (χ2v) is 8.68. The summed E-state index contributed by atoms with van der Waals surface area (Å²) in [7, 11) is 2.94. The van der Waals surface area contributed by atoms with Gasteiger partial charge in [0.05, 0.1) is 30.5 Å². The van der Waals surface area contributed by atoms with E-state index in [2.05, 4.69) is 6.92 Å². The molecule has 2 heterocycles. The number of hydrogen-bond acceptors (Lipinski definition) is 7. The number of hydrogen-bond donors (Lipinski definition) is 0. The fourth-order valence-electron chi connectivity index (χ4n) is 2.71. The van der Waals surface area contributed by atoms with Gasteiger partial charge in [-0.3, -0.25) is 14.2 Å². The van der Waals surface area contributed by atoms with Crippen LogP contribution in [0.1, 0.15) is 19.5 Å². The van der Waals surface area contributed by atoms with E-state index in [4.69, 9.17) is 14.5 Å². The van der Waals surface area contributed by atoms with Crippen molar-refractivity contribution < 1.29 is 14.3 Å². The molecule has 1 aromatic carbocycles. The largest absolute Gasteiger partial charge is 0.497 e. The van der Waals surface area contributed by atoms with Crippen LogP contribution in [0.5, 0.6) is 5.75 Å². The third-order valence-electron chi connectivity index (χ3n) is 4.03. The van der Waals surface area contributed by atoms with E-state index in [1.807, 2.05) is 12.1 Å². The molecule has 1 aliphatic heterocycles. The number of thioether (sulfide) groups is 2. The van der Waals surface area contributed by atoms with Gasteiger partial charge in [-0.1, -0.05) is 18.7 Å². The molecule has 3 rings (SSSR count). The lowest BCUT2D eigenvalue weighted by Gasteiger charge is -2.16. The minimum Gasteiger partial charge on any atom is -0.497 e. The number of methoxy groups -OCH3 is 2. The predicted octanol–water partition coefficient (Wildman–Crippen LogP) is 2.93. The molecule has 0 fully saturated rings. The third-order valence-corrected chi connectivity index (χ3v) is 6.27. The number of fused-ring (bicyclic) bond motifs is 1. The first-order valence-corrected chi connectivity index (χ1v) is 9.92. The fourth-order valence-corrected chi connectivity index (χ4v) is 4.78. The molecule has 0 radical (unpaired) electrons. The summed E-state index contributed by atoms with van der Waals surface area (Å²) in [4.78, 5) is 30.4. The van der Waals surface area contributed by atoms with Crippen molar-refractivity contribution in [1.29, 1.82) is 0 Å². The van der Waals surface area contributed by atoms with E-state index in [9.17, 15) is 9.59 Å². The van der Waals surface area contributed by atoms with Crippen LogP contribution in [-0.2, 0) is 16.0 Å². The van der Waals surface area contributed by atoms with Gasteiger partial charge in [0.25, 0.3) is 5.56 Å². The lowest BCUT2D eigenvalue weighted by Crippen LogP contribution is -2.25. The van der Waals surface area contributed by atoms with E-state index in [0.717, 1.165) is 12.1 Å². The van der Waals surface area contributed by atoms with E-state index < -0.39 is 5.25 Å². The Hall–Kier alpha value is -1.93. The Bertz CT molecular complexity index is 880. The molecule has 2 atom stereocenters. The Kier molecular flexibility index (Phi) is 5.62. The summed E-state index contributed by atoms with van der Waals surface area (Å²) in [6.45, 7) is 3.82. The summed E-state index contributed by atoms with van der Waals surface area (Å²) in [6.07, 6.45) is 0.749. The number of benzene rings is 1. The van der Waals surface area contributed by atoms with Crippen LogP contribution >= 0.6 is 23.5 Å². The van der Waals surface area contributed by atoms with E-state index in [1.54, 1.807) is 42.5 Å². The molecule has 0 saturated carbocycles. The smallest absolute Gasteiger partial charge is 0.318 e. The van der Waals surface area contributed by atoms with Gasteiger partial charge < -0.3 is 9.47 Å². The lowest BCUT2D eigenvalue weighted by atomic mass is 10.2.